The third-order valence-corrected chi connectivity index (χ3v) is 2.77. The molecule has 1 aromatic carbocycles. The molecule has 2 nitrogen and oxygen atoms in total. The number of hydrogen-bond acceptors (Lipinski definition) is 1. The summed E-state index contributed by atoms with van der Waals surface area (Å²) in [6.07, 6.45) is 6.62. The van der Waals surface area contributed by atoms with Crippen LogP contribution < -0.4 is 0 Å². The lowest BCUT2D eigenvalue weighted by Gasteiger charge is -2.02. The predicted molar refractivity (Wildman–Crippen MR) is 73.1 cm³/mol. The summed E-state index contributed by atoms with van der Waals surface area (Å²) < 4.78 is 12.7. The Kier molecular flexibility index (Phi) is 6.12. The highest BCUT2D eigenvalue weighted by Gasteiger charge is 1.97. The van der Waals surface area contributed by atoms with Gasteiger partial charge in [-0.2, -0.15) is 0 Å². The van der Waals surface area contributed by atoms with E-state index in [2.05, 4.69) is 23.8 Å². The summed E-state index contributed by atoms with van der Waals surface area (Å²) in [7, 11) is 0. The highest BCUT2D eigenvalue weighted by Crippen LogP contribution is 2.11. The van der Waals surface area contributed by atoms with E-state index in [4.69, 9.17) is 0 Å². The lowest BCUT2D eigenvalue weighted by molar-refractivity contribution is 0.624. The van der Waals surface area contributed by atoms with E-state index in [0.717, 1.165) is 24.8 Å². The molecule has 0 atom stereocenters. The average Bonchev–Trinajstić information content (AvgIpc) is 2.88. The number of H-pyrrole nitrogens is 1. The normalized spacial score (nSPS) is 9.78. The number of halogens is 1. The number of rotatable bonds is 3. The van der Waals surface area contributed by atoms with E-state index in [1.54, 1.807) is 12.4 Å². The monoisotopic (exact) mass is 248 g/mol. The third kappa shape index (κ3) is 4.70. The Morgan fingerprint density at radius 1 is 1.28 bits per heavy atom. The van der Waals surface area contributed by atoms with Crippen molar-refractivity contribution in [2.75, 3.05) is 0 Å². The molecule has 0 unspecified atom stereocenters. The number of aromatic nitrogens is 2. The van der Waals surface area contributed by atoms with Crippen LogP contribution in [0.25, 0.3) is 0 Å². The zero-order chi connectivity index (χ0) is 13.4. The smallest absolute Gasteiger partial charge is 0.123 e. The van der Waals surface area contributed by atoms with Gasteiger partial charge in [0.15, 0.2) is 0 Å². The van der Waals surface area contributed by atoms with E-state index in [9.17, 15) is 4.39 Å². The Morgan fingerprint density at radius 2 is 2.06 bits per heavy atom. The van der Waals surface area contributed by atoms with E-state index in [0.29, 0.717) is 0 Å². The van der Waals surface area contributed by atoms with Gasteiger partial charge in [-0.15, -0.1) is 0 Å². The number of imidazole rings is 1. The van der Waals surface area contributed by atoms with Gasteiger partial charge in [-0.05, 0) is 43.0 Å². The van der Waals surface area contributed by atoms with Crippen molar-refractivity contribution in [1.29, 1.82) is 0 Å². The summed E-state index contributed by atoms with van der Waals surface area (Å²) in [6.45, 7) is 6.21. The molecule has 0 spiro atoms. The Hall–Kier alpha value is -1.64. The second kappa shape index (κ2) is 7.64. The van der Waals surface area contributed by atoms with Gasteiger partial charge in [-0.3, -0.25) is 0 Å². The summed E-state index contributed by atoms with van der Waals surface area (Å²) in [5.41, 5.74) is 3.51. The van der Waals surface area contributed by atoms with Crippen LogP contribution in [0.15, 0.2) is 30.7 Å². The van der Waals surface area contributed by atoms with Gasteiger partial charge in [-0.1, -0.05) is 26.3 Å². The topological polar surface area (TPSA) is 28.7 Å². The van der Waals surface area contributed by atoms with Crippen molar-refractivity contribution in [1.82, 2.24) is 9.97 Å². The number of benzene rings is 1. The number of nitrogens with one attached hydrogen (secondary N) is 1. The van der Waals surface area contributed by atoms with E-state index in [-0.39, 0.29) is 5.82 Å². The van der Waals surface area contributed by atoms with Crippen LogP contribution in [0.2, 0.25) is 0 Å². The largest absolute Gasteiger partial charge is 0.349 e. The molecule has 3 heteroatoms. The van der Waals surface area contributed by atoms with Gasteiger partial charge in [0.05, 0.1) is 6.33 Å². The zero-order valence-corrected chi connectivity index (χ0v) is 11.3. The molecule has 1 heterocycles. The minimum Gasteiger partial charge on any atom is -0.349 e. The van der Waals surface area contributed by atoms with Crippen LogP contribution in [0.4, 0.5) is 4.39 Å². The molecular weight excluding hydrogens is 227 g/mol. The first-order valence-corrected chi connectivity index (χ1v) is 6.39. The Balaban J connectivity index is 0.000000199. The van der Waals surface area contributed by atoms with Gasteiger partial charge < -0.3 is 4.98 Å². The van der Waals surface area contributed by atoms with Crippen LogP contribution in [-0.2, 0) is 12.8 Å². The number of aromatic amines is 1. The minimum absolute atomic E-state index is 0.126. The second-order valence-corrected chi connectivity index (χ2v) is 4.25. The lowest BCUT2D eigenvalue weighted by Crippen LogP contribution is -1.89. The van der Waals surface area contributed by atoms with Gasteiger partial charge in [0.2, 0.25) is 0 Å². The van der Waals surface area contributed by atoms with E-state index in [1.165, 1.54) is 17.3 Å². The molecular formula is C15H21FN2. The zero-order valence-electron chi connectivity index (χ0n) is 11.3. The van der Waals surface area contributed by atoms with Crippen molar-refractivity contribution >= 4 is 0 Å². The van der Waals surface area contributed by atoms with Crippen LogP contribution in [0.1, 0.15) is 37.1 Å². The summed E-state index contributed by atoms with van der Waals surface area (Å²) in [4.78, 5) is 6.81. The molecule has 1 N–H and O–H groups in total. The van der Waals surface area contributed by atoms with E-state index < -0.39 is 0 Å². The summed E-state index contributed by atoms with van der Waals surface area (Å²) in [5.74, 6) is -0.126. The van der Waals surface area contributed by atoms with E-state index >= 15 is 0 Å². The molecule has 0 saturated heterocycles. The molecule has 2 rings (SSSR count). The average molecular weight is 248 g/mol. The highest BCUT2D eigenvalue weighted by atomic mass is 19.1. The van der Waals surface area contributed by atoms with Crippen molar-refractivity contribution in [3.05, 3.63) is 53.4 Å². The number of aryl methyl sites for hydroxylation is 3. The Labute approximate surface area is 108 Å². The van der Waals surface area contributed by atoms with Crippen molar-refractivity contribution in [3.8, 4) is 0 Å². The first kappa shape index (κ1) is 14.4. The first-order chi connectivity index (χ1) is 8.67. The molecule has 2 aromatic rings. The van der Waals surface area contributed by atoms with Crippen LogP contribution in [-0.4, -0.2) is 9.97 Å². The van der Waals surface area contributed by atoms with Crippen molar-refractivity contribution in [3.63, 3.8) is 0 Å². The molecule has 98 valence electrons. The van der Waals surface area contributed by atoms with Crippen molar-refractivity contribution in [2.24, 2.45) is 0 Å². The van der Waals surface area contributed by atoms with Crippen LogP contribution >= 0.6 is 0 Å². The van der Waals surface area contributed by atoms with Crippen LogP contribution in [0, 0.1) is 12.7 Å². The fourth-order valence-corrected chi connectivity index (χ4v) is 1.66. The molecule has 1 aromatic heterocycles. The first-order valence-electron chi connectivity index (χ1n) is 6.39. The van der Waals surface area contributed by atoms with Gasteiger partial charge in [-0.25, -0.2) is 9.37 Å². The second-order valence-electron chi connectivity index (χ2n) is 4.25. The third-order valence-electron chi connectivity index (χ3n) is 2.77. The summed E-state index contributed by atoms with van der Waals surface area (Å²) >= 11 is 0. The number of hydrogen-bond donors (Lipinski definition) is 1. The summed E-state index contributed by atoms with van der Waals surface area (Å²) in [6, 6.07) is 4.97. The molecule has 0 saturated carbocycles. The molecule has 0 bridgehead atoms. The van der Waals surface area contributed by atoms with Gasteiger partial charge in [0.1, 0.15) is 5.82 Å². The van der Waals surface area contributed by atoms with Gasteiger partial charge in [0, 0.05) is 11.9 Å². The molecule has 0 amide bonds. The van der Waals surface area contributed by atoms with Crippen LogP contribution in [0.5, 0.6) is 0 Å². The number of nitrogens with zero attached hydrogens (tertiary/aromatic N) is 1. The molecule has 0 radical (unpaired) electrons. The molecule has 0 aliphatic heterocycles. The minimum atomic E-state index is -0.126. The van der Waals surface area contributed by atoms with Crippen molar-refractivity contribution < 1.29 is 4.39 Å². The molecule has 18 heavy (non-hydrogen) atoms. The maximum atomic E-state index is 12.7. The van der Waals surface area contributed by atoms with E-state index in [1.807, 2.05) is 19.2 Å². The van der Waals surface area contributed by atoms with Crippen molar-refractivity contribution in [2.45, 2.75) is 40.0 Å². The van der Waals surface area contributed by atoms with Gasteiger partial charge >= 0.3 is 0 Å². The fraction of sp³-hybridized carbons (Fsp3) is 0.400. The maximum Gasteiger partial charge on any atom is 0.123 e. The van der Waals surface area contributed by atoms with Crippen LogP contribution in [0.3, 0.4) is 0 Å². The quantitative estimate of drug-likeness (QED) is 0.871. The lowest BCUT2D eigenvalue weighted by atomic mass is 10.0. The Bertz CT molecular complexity index is 450. The molecule has 0 fully saturated rings. The standard InChI is InChI=1S/C10H13F.C5H8N2/c1-3-4-9-7-10(11)6-5-8(9)2;1-2-5-3-6-4-7-5/h5-7H,3-4H2,1-2H3;3-4H,2H2,1H3,(H,6,7). The van der Waals surface area contributed by atoms with Gasteiger partial charge in [0.25, 0.3) is 0 Å². The SMILES string of the molecule is CCCc1cc(F)ccc1C.CCc1cnc[nH]1. The molecule has 0 aliphatic carbocycles. The Morgan fingerprint density at radius 3 is 2.56 bits per heavy atom. The maximum absolute atomic E-state index is 12.7. The molecule has 0 aliphatic rings. The fourth-order valence-electron chi connectivity index (χ4n) is 1.66. The predicted octanol–water partition coefficient (Wildman–Crippen LogP) is 4.06. The summed E-state index contributed by atoms with van der Waals surface area (Å²) in [5, 5.41) is 0. The highest BCUT2D eigenvalue weighted by molar-refractivity contribution is 5.26.